The van der Waals surface area contributed by atoms with Crippen molar-refractivity contribution >= 4 is 26.6 Å². The molecule has 2 aromatic rings. The molecule has 0 saturated heterocycles. The largest absolute Gasteiger partial charge is 0.522 e. The van der Waals surface area contributed by atoms with Crippen molar-refractivity contribution in [2.45, 2.75) is 11.6 Å². The highest BCUT2D eigenvalue weighted by molar-refractivity contribution is 7.91. The van der Waals surface area contributed by atoms with Crippen LogP contribution in [-0.2, 0) is 14.6 Å². The number of nitrogens with two attached hydrogens (primary N) is 1. The molecule has 0 aliphatic rings. The van der Waals surface area contributed by atoms with E-state index in [-0.39, 0.29) is 11.1 Å². The molecule has 110 valence electrons. The summed E-state index contributed by atoms with van der Waals surface area (Å²) < 4.78 is 67.2. The van der Waals surface area contributed by atoms with Gasteiger partial charge in [0, 0.05) is 5.69 Å². The number of nitrogens with zero attached hydrogens (tertiary/aromatic N) is 1. The predicted molar refractivity (Wildman–Crippen MR) is 62.5 cm³/mol. The molecule has 0 aliphatic carbocycles. The molecule has 2 N–H and O–H groups in total. The van der Waals surface area contributed by atoms with Gasteiger partial charge in [-0.05, 0) is 18.2 Å². The summed E-state index contributed by atoms with van der Waals surface area (Å²) in [6, 6.07) is 4.30. The second kappa shape index (κ2) is 4.94. The first-order valence-electron chi connectivity index (χ1n) is 5.27. The van der Waals surface area contributed by atoms with Gasteiger partial charge in [0.1, 0.15) is 5.52 Å². The van der Waals surface area contributed by atoms with Crippen LogP contribution in [-0.4, -0.2) is 32.1 Å². The van der Waals surface area contributed by atoms with Crippen molar-refractivity contribution < 1.29 is 30.7 Å². The van der Waals surface area contributed by atoms with Gasteiger partial charge >= 0.3 is 11.6 Å². The Bertz CT molecular complexity index is 724. The van der Waals surface area contributed by atoms with Crippen molar-refractivity contribution in [1.29, 1.82) is 0 Å². The number of alkyl halides is 3. The van der Waals surface area contributed by atoms with Crippen LogP contribution < -0.4 is 5.73 Å². The second-order valence-electron chi connectivity index (χ2n) is 3.82. The average molecular weight is 310 g/mol. The molecular weight excluding hydrogens is 301 g/mol. The molecule has 0 atom stereocenters. The number of halogens is 3. The van der Waals surface area contributed by atoms with Crippen LogP contribution in [0, 0.1) is 0 Å². The summed E-state index contributed by atoms with van der Waals surface area (Å²) in [4.78, 5) is 3.69. The summed E-state index contributed by atoms with van der Waals surface area (Å²) >= 11 is 0. The highest BCUT2D eigenvalue weighted by Gasteiger charge is 2.31. The first kappa shape index (κ1) is 14.6. The summed E-state index contributed by atoms with van der Waals surface area (Å²) in [5.41, 5.74) is 6.23. The van der Waals surface area contributed by atoms with E-state index in [9.17, 15) is 21.6 Å². The fraction of sp³-hybridized carbons (Fsp3) is 0.300. The van der Waals surface area contributed by atoms with Crippen LogP contribution in [0.1, 0.15) is 0 Å². The molecule has 0 saturated carbocycles. The summed E-state index contributed by atoms with van der Waals surface area (Å²) in [6.07, 6.45) is -4.88. The van der Waals surface area contributed by atoms with E-state index < -0.39 is 33.8 Å². The van der Waals surface area contributed by atoms with Crippen LogP contribution in [0.15, 0.2) is 27.8 Å². The molecular formula is C10H9F3N2O4S. The van der Waals surface area contributed by atoms with Crippen LogP contribution in [0.3, 0.4) is 0 Å². The molecule has 10 heteroatoms. The quantitative estimate of drug-likeness (QED) is 0.864. The molecule has 6 nitrogen and oxygen atoms in total. The fourth-order valence-corrected chi connectivity index (χ4v) is 2.34. The summed E-state index contributed by atoms with van der Waals surface area (Å²) in [6.45, 7) is -1.04. The zero-order valence-electron chi connectivity index (χ0n) is 9.85. The van der Waals surface area contributed by atoms with E-state index in [0.29, 0.717) is 5.69 Å². The van der Waals surface area contributed by atoms with Gasteiger partial charge < -0.3 is 10.2 Å². The third kappa shape index (κ3) is 3.39. The van der Waals surface area contributed by atoms with Crippen molar-refractivity contribution in [2.75, 3.05) is 18.1 Å². The molecule has 0 bridgehead atoms. The minimum Gasteiger partial charge on any atom is -0.428 e. The van der Waals surface area contributed by atoms with Crippen LogP contribution in [0.4, 0.5) is 18.9 Å². The van der Waals surface area contributed by atoms with Gasteiger partial charge in [-0.1, -0.05) is 0 Å². The zero-order chi connectivity index (χ0) is 15.0. The van der Waals surface area contributed by atoms with Gasteiger partial charge in [-0.2, -0.15) is 4.98 Å². The van der Waals surface area contributed by atoms with Crippen LogP contribution in [0.2, 0.25) is 0 Å². The van der Waals surface area contributed by atoms with E-state index in [0.717, 1.165) is 0 Å². The fourth-order valence-electron chi connectivity index (χ4n) is 1.41. The maximum absolute atomic E-state index is 11.8. The first-order valence-corrected chi connectivity index (χ1v) is 6.92. The van der Waals surface area contributed by atoms with Crippen LogP contribution in [0.5, 0.6) is 0 Å². The Morgan fingerprint density at radius 1 is 1.35 bits per heavy atom. The van der Waals surface area contributed by atoms with Gasteiger partial charge in [-0.25, -0.2) is 8.42 Å². The molecule has 2 rings (SSSR count). The lowest BCUT2D eigenvalue weighted by Crippen LogP contribution is -2.20. The topological polar surface area (TPSA) is 95.4 Å². The van der Waals surface area contributed by atoms with Crippen molar-refractivity contribution in [3.8, 4) is 0 Å². The standard InChI is InChI=1S/C10H9F3N2O4S/c11-10(12,13)18-3-4-20(16,17)9-15-7-5-6(14)1-2-8(7)19-9/h1-2,5H,3-4,14H2. The number of oxazole rings is 1. The van der Waals surface area contributed by atoms with E-state index in [1.54, 1.807) is 0 Å². The van der Waals surface area contributed by atoms with E-state index in [1.807, 2.05) is 0 Å². The van der Waals surface area contributed by atoms with Crippen molar-refractivity contribution in [3.05, 3.63) is 18.2 Å². The number of benzene rings is 1. The van der Waals surface area contributed by atoms with E-state index in [2.05, 4.69) is 9.72 Å². The monoisotopic (exact) mass is 310 g/mol. The zero-order valence-corrected chi connectivity index (χ0v) is 10.7. The lowest BCUT2D eigenvalue weighted by molar-refractivity contribution is -0.322. The number of sulfone groups is 1. The number of nitrogen functional groups attached to an aromatic ring is 1. The predicted octanol–water partition coefficient (Wildman–Crippen LogP) is 1.72. The van der Waals surface area contributed by atoms with Crippen molar-refractivity contribution in [3.63, 3.8) is 0 Å². The minimum absolute atomic E-state index is 0.175. The molecule has 0 spiro atoms. The number of aromatic nitrogens is 1. The Kier molecular flexibility index (Phi) is 3.61. The lowest BCUT2D eigenvalue weighted by Gasteiger charge is -2.05. The maximum Gasteiger partial charge on any atom is 0.522 e. The summed E-state index contributed by atoms with van der Waals surface area (Å²) in [7, 11) is -4.10. The van der Waals surface area contributed by atoms with E-state index in [4.69, 9.17) is 10.2 Å². The summed E-state index contributed by atoms with van der Waals surface area (Å²) in [5, 5.41) is -0.663. The Labute approximate surface area is 111 Å². The Morgan fingerprint density at radius 2 is 2.05 bits per heavy atom. The normalized spacial score (nSPS) is 12.9. The van der Waals surface area contributed by atoms with E-state index in [1.165, 1.54) is 18.2 Å². The van der Waals surface area contributed by atoms with Crippen LogP contribution >= 0.6 is 0 Å². The Hall–Kier alpha value is -1.81. The summed E-state index contributed by atoms with van der Waals surface area (Å²) in [5.74, 6) is -0.894. The highest BCUT2D eigenvalue weighted by atomic mass is 32.2. The van der Waals surface area contributed by atoms with Gasteiger partial charge in [0.2, 0.25) is 9.84 Å². The number of fused-ring (bicyclic) bond motifs is 1. The van der Waals surface area contributed by atoms with Gasteiger partial charge in [-0.15, -0.1) is 13.2 Å². The SMILES string of the molecule is Nc1ccc2oc(S(=O)(=O)CCOC(F)(F)F)nc2c1. The Morgan fingerprint density at radius 3 is 2.70 bits per heavy atom. The van der Waals surface area contributed by atoms with Gasteiger partial charge in [0.15, 0.2) is 5.58 Å². The number of hydrogen-bond acceptors (Lipinski definition) is 6. The number of rotatable bonds is 4. The third-order valence-electron chi connectivity index (χ3n) is 2.28. The molecule has 0 amide bonds. The minimum atomic E-state index is -4.88. The van der Waals surface area contributed by atoms with Gasteiger partial charge in [-0.3, -0.25) is 4.74 Å². The Balaban J connectivity index is 2.19. The smallest absolute Gasteiger partial charge is 0.428 e. The third-order valence-corrected chi connectivity index (χ3v) is 3.69. The lowest BCUT2D eigenvalue weighted by atomic mass is 10.3. The number of hydrogen-bond donors (Lipinski definition) is 1. The molecule has 20 heavy (non-hydrogen) atoms. The van der Waals surface area contributed by atoms with E-state index >= 15 is 0 Å². The van der Waals surface area contributed by atoms with Crippen LogP contribution in [0.25, 0.3) is 11.1 Å². The maximum atomic E-state index is 11.8. The molecule has 1 aromatic heterocycles. The second-order valence-corrected chi connectivity index (χ2v) is 5.81. The van der Waals surface area contributed by atoms with Gasteiger partial charge in [0.25, 0.3) is 0 Å². The number of ether oxygens (including phenoxy) is 1. The highest BCUT2D eigenvalue weighted by Crippen LogP contribution is 2.22. The average Bonchev–Trinajstić information content (AvgIpc) is 2.70. The van der Waals surface area contributed by atoms with Crippen molar-refractivity contribution in [2.24, 2.45) is 0 Å². The molecule has 0 aliphatic heterocycles. The van der Waals surface area contributed by atoms with Crippen molar-refractivity contribution in [1.82, 2.24) is 4.98 Å². The molecule has 0 fully saturated rings. The number of anilines is 1. The van der Waals surface area contributed by atoms with Gasteiger partial charge in [0.05, 0.1) is 12.4 Å². The molecule has 1 heterocycles. The first-order chi connectivity index (χ1) is 9.17. The molecule has 0 unspecified atom stereocenters. The molecule has 0 radical (unpaired) electrons. The molecule has 1 aromatic carbocycles.